The Morgan fingerprint density at radius 1 is 1.14 bits per heavy atom. The van der Waals surface area contributed by atoms with E-state index >= 15 is 0 Å². The van der Waals surface area contributed by atoms with Crippen molar-refractivity contribution < 1.29 is 4.39 Å². The molecule has 0 spiro atoms. The summed E-state index contributed by atoms with van der Waals surface area (Å²) in [6.45, 7) is 5.29. The average molecular weight is 296 g/mol. The van der Waals surface area contributed by atoms with E-state index in [9.17, 15) is 4.39 Å². The van der Waals surface area contributed by atoms with Crippen LogP contribution in [-0.2, 0) is 0 Å². The monoisotopic (exact) mass is 296 g/mol. The first-order valence-electron chi connectivity index (χ1n) is 7.86. The number of pyridine rings is 1. The predicted octanol–water partition coefficient (Wildman–Crippen LogP) is 4.43. The summed E-state index contributed by atoms with van der Waals surface area (Å²) in [7, 11) is 0. The summed E-state index contributed by atoms with van der Waals surface area (Å²) in [5, 5.41) is 3.54. The molecular formula is C19H21FN2. The topological polar surface area (TPSA) is 24.9 Å². The lowest BCUT2D eigenvalue weighted by Gasteiger charge is -2.24. The molecule has 0 bridgehead atoms. The number of benzene rings is 1. The van der Waals surface area contributed by atoms with Gasteiger partial charge in [0.05, 0.1) is 5.69 Å². The summed E-state index contributed by atoms with van der Waals surface area (Å²) in [5.74, 6) is -0.221. The molecule has 1 saturated heterocycles. The van der Waals surface area contributed by atoms with E-state index in [1.807, 2.05) is 18.3 Å². The van der Waals surface area contributed by atoms with Crippen LogP contribution >= 0.6 is 0 Å². The van der Waals surface area contributed by atoms with Gasteiger partial charge in [-0.3, -0.25) is 4.98 Å². The maximum atomic E-state index is 13.0. The van der Waals surface area contributed by atoms with Crippen LogP contribution in [0.5, 0.6) is 0 Å². The molecule has 1 atom stereocenters. The molecule has 3 heteroatoms. The van der Waals surface area contributed by atoms with E-state index < -0.39 is 0 Å². The minimum Gasteiger partial charge on any atom is -0.314 e. The Balaban J connectivity index is 1.68. The van der Waals surface area contributed by atoms with Gasteiger partial charge in [-0.15, -0.1) is 0 Å². The number of rotatable bonds is 4. The van der Waals surface area contributed by atoms with E-state index in [1.54, 1.807) is 12.1 Å². The standard InChI is InChI=1S/C19H21FN2/c1-14(12-18-4-2-3-11-21-18)19-10-7-16(13-22-19)15-5-8-17(20)9-6-15/h5-10,13,18,21H,1-4,11-12H2. The molecule has 2 aromatic rings. The number of halogens is 1. The SMILES string of the molecule is C=C(CC1CCCCN1)c1ccc(-c2ccc(F)cc2)cn1. The van der Waals surface area contributed by atoms with Gasteiger partial charge in [-0.1, -0.05) is 31.2 Å². The second-order valence-electron chi connectivity index (χ2n) is 5.89. The summed E-state index contributed by atoms with van der Waals surface area (Å²) in [4.78, 5) is 4.52. The number of hydrogen-bond acceptors (Lipinski definition) is 2. The number of piperidine rings is 1. The van der Waals surface area contributed by atoms with Crippen molar-refractivity contribution in [3.05, 3.63) is 60.7 Å². The van der Waals surface area contributed by atoms with Gasteiger partial charge in [0.2, 0.25) is 0 Å². The summed E-state index contributed by atoms with van der Waals surface area (Å²) in [6.07, 6.45) is 6.56. The fourth-order valence-electron chi connectivity index (χ4n) is 2.92. The number of aromatic nitrogens is 1. The molecule has 22 heavy (non-hydrogen) atoms. The van der Waals surface area contributed by atoms with E-state index in [0.717, 1.165) is 35.4 Å². The van der Waals surface area contributed by atoms with Crippen molar-refractivity contribution in [3.63, 3.8) is 0 Å². The van der Waals surface area contributed by atoms with Crippen LogP contribution in [0.2, 0.25) is 0 Å². The van der Waals surface area contributed by atoms with Crippen molar-refractivity contribution in [3.8, 4) is 11.1 Å². The van der Waals surface area contributed by atoms with Crippen LogP contribution < -0.4 is 5.32 Å². The van der Waals surface area contributed by atoms with Crippen LogP contribution in [0.15, 0.2) is 49.2 Å². The number of hydrogen-bond donors (Lipinski definition) is 1. The number of nitrogens with one attached hydrogen (secondary N) is 1. The van der Waals surface area contributed by atoms with Crippen LogP contribution in [0.1, 0.15) is 31.4 Å². The van der Waals surface area contributed by atoms with E-state index in [-0.39, 0.29) is 5.82 Å². The zero-order valence-electron chi connectivity index (χ0n) is 12.7. The first-order chi connectivity index (χ1) is 10.7. The number of nitrogens with zero attached hydrogens (tertiary/aromatic N) is 1. The van der Waals surface area contributed by atoms with Crippen molar-refractivity contribution in [2.45, 2.75) is 31.7 Å². The van der Waals surface area contributed by atoms with E-state index in [1.165, 1.54) is 31.4 Å². The molecule has 1 fully saturated rings. The Morgan fingerprint density at radius 3 is 2.55 bits per heavy atom. The van der Waals surface area contributed by atoms with Gasteiger partial charge in [-0.2, -0.15) is 0 Å². The van der Waals surface area contributed by atoms with Crippen LogP contribution in [0, 0.1) is 5.82 Å². The normalized spacial score (nSPS) is 18.1. The Morgan fingerprint density at radius 2 is 1.91 bits per heavy atom. The van der Waals surface area contributed by atoms with Gasteiger partial charge in [0.1, 0.15) is 5.82 Å². The minimum absolute atomic E-state index is 0.221. The highest BCUT2D eigenvalue weighted by Gasteiger charge is 2.14. The second-order valence-corrected chi connectivity index (χ2v) is 5.89. The molecule has 0 amide bonds. The van der Waals surface area contributed by atoms with Crippen LogP contribution in [-0.4, -0.2) is 17.6 Å². The van der Waals surface area contributed by atoms with Gasteiger partial charge in [0.25, 0.3) is 0 Å². The average Bonchev–Trinajstić information content (AvgIpc) is 2.57. The van der Waals surface area contributed by atoms with Crippen molar-refractivity contribution in [2.24, 2.45) is 0 Å². The quantitative estimate of drug-likeness (QED) is 0.902. The van der Waals surface area contributed by atoms with Gasteiger partial charge in [-0.05, 0) is 55.1 Å². The third kappa shape index (κ3) is 3.60. The van der Waals surface area contributed by atoms with Gasteiger partial charge in [-0.25, -0.2) is 4.39 Å². The van der Waals surface area contributed by atoms with Crippen LogP contribution in [0.25, 0.3) is 16.7 Å². The summed E-state index contributed by atoms with van der Waals surface area (Å²) >= 11 is 0. The predicted molar refractivity (Wildman–Crippen MR) is 88.9 cm³/mol. The molecule has 1 aliphatic heterocycles. The smallest absolute Gasteiger partial charge is 0.123 e. The maximum absolute atomic E-state index is 13.0. The van der Waals surface area contributed by atoms with E-state index in [2.05, 4.69) is 16.9 Å². The molecule has 0 saturated carbocycles. The first kappa shape index (κ1) is 14.9. The maximum Gasteiger partial charge on any atom is 0.123 e. The van der Waals surface area contributed by atoms with Crippen molar-refractivity contribution in [1.82, 2.24) is 10.3 Å². The fraction of sp³-hybridized carbons (Fsp3) is 0.316. The molecule has 1 aromatic carbocycles. The molecule has 2 heterocycles. The third-order valence-corrected chi connectivity index (χ3v) is 4.21. The van der Waals surface area contributed by atoms with Crippen molar-refractivity contribution >= 4 is 5.57 Å². The Bertz CT molecular complexity index is 625. The van der Waals surface area contributed by atoms with E-state index in [0.29, 0.717) is 6.04 Å². The largest absolute Gasteiger partial charge is 0.314 e. The Hall–Kier alpha value is -2.00. The Kier molecular flexibility index (Phi) is 4.64. The Labute approximate surface area is 131 Å². The second kappa shape index (κ2) is 6.84. The van der Waals surface area contributed by atoms with Crippen molar-refractivity contribution in [1.29, 1.82) is 0 Å². The lowest BCUT2D eigenvalue weighted by molar-refractivity contribution is 0.407. The third-order valence-electron chi connectivity index (χ3n) is 4.21. The van der Waals surface area contributed by atoms with Gasteiger partial charge >= 0.3 is 0 Å². The van der Waals surface area contributed by atoms with Gasteiger partial charge < -0.3 is 5.32 Å². The molecule has 2 nitrogen and oxygen atoms in total. The molecular weight excluding hydrogens is 275 g/mol. The van der Waals surface area contributed by atoms with Gasteiger partial charge in [0, 0.05) is 17.8 Å². The zero-order valence-corrected chi connectivity index (χ0v) is 12.7. The lowest BCUT2D eigenvalue weighted by atomic mass is 9.96. The highest BCUT2D eigenvalue weighted by atomic mass is 19.1. The van der Waals surface area contributed by atoms with Crippen LogP contribution in [0.3, 0.4) is 0 Å². The lowest BCUT2D eigenvalue weighted by Crippen LogP contribution is -2.33. The minimum atomic E-state index is -0.221. The zero-order chi connectivity index (χ0) is 15.4. The summed E-state index contributed by atoms with van der Waals surface area (Å²) in [5.41, 5.74) is 3.98. The molecule has 3 rings (SSSR count). The molecule has 0 aliphatic carbocycles. The van der Waals surface area contributed by atoms with Gasteiger partial charge in [0.15, 0.2) is 0 Å². The molecule has 1 unspecified atom stereocenters. The molecule has 1 aliphatic rings. The fourth-order valence-corrected chi connectivity index (χ4v) is 2.92. The van der Waals surface area contributed by atoms with Crippen LogP contribution in [0.4, 0.5) is 4.39 Å². The highest BCUT2D eigenvalue weighted by molar-refractivity contribution is 5.66. The van der Waals surface area contributed by atoms with Crippen molar-refractivity contribution in [2.75, 3.05) is 6.54 Å². The molecule has 0 radical (unpaired) electrons. The van der Waals surface area contributed by atoms with E-state index in [4.69, 9.17) is 0 Å². The molecule has 114 valence electrons. The molecule has 1 N–H and O–H groups in total. The first-order valence-corrected chi connectivity index (χ1v) is 7.86. The molecule has 1 aromatic heterocycles. The summed E-state index contributed by atoms with van der Waals surface area (Å²) in [6, 6.07) is 11.0. The summed E-state index contributed by atoms with van der Waals surface area (Å²) < 4.78 is 13.0. The highest BCUT2D eigenvalue weighted by Crippen LogP contribution is 2.23.